The van der Waals surface area contributed by atoms with E-state index in [0.717, 1.165) is 16.8 Å². The number of benzene rings is 3. The molecule has 0 unspecified atom stereocenters. The van der Waals surface area contributed by atoms with Crippen LogP contribution in [0.2, 0.25) is 0 Å². The van der Waals surface area contributed by atoms with E-state index in [0.29, 0.717) is 23.1 Å². The summed E-state index contributed by atoms with van der Waals surface area (Å²) < 4.78 is 7.98. The zero-order valence-corrected chi connectivity index (χ0v) is 18.9. The first-order chi connectivity index (χ1) is 15.4. The number of hydrogen-bond donors (Lipinski definition) is 1. The lowest BCUT2D eigenvalue weighted by Crippen LogP contribution is -2.26. The molecule has 0 saturated carbocycles. The van der Waals surface area contributed by atoms with Crippen LogP contribution in [0.25, 0.3) is 11.0 Å². The average Bonchev–Trinajstić information content (AvgIpc) is 3.21. The van der Waals surface area contributed by atoms with E-state index < -0.39 is 0 Å². The Morgan fingerprint density at radius 2 is 1.56 bits per heavy atom. The van der Waals surface area contributed by atoms with Crippen molar-refractivity contribution in [2.45, 2.75) is 46.2 Å². The molecule has 4 rings (SSSR count). The van der Waals surface area contributed by atoms with Crippen LogP contribution >= 0.6 is 0 Å². The summed E-state index contributed by atoms with van der Waals surface area (Å²) in [7, 11) is 0. The van der Waals surface area contributed by atoms with Gasteiger partial charge < -0.3 is 10.1 Å². The first kappa shape index (κ1) is 21.6. The number of aromatic nitrogens is 3. The molecule has 6 heteroatoms. The highest BCUT2D eigenvalue weighted by atomic mass is 16.5. The molecule has 6 nitrogen and oxygen atoms in total. The van der Waals surface area contributed by atoms with Crippen molar-refractivity contribution in [1.29, 1.82) is 0 Å². The minimum absolute atomic E-state index is 0.179. The van der Waals surface area contributed by atoms with E-state index in [1.54, 1.807) is 16.8 Å². The van der Waals surface area contributed by atoms with Gasteiger partial charge in [0, 0.05) is 5.56 Å². The molecule has 3 aromatic carbocycles. The van der Waals surface area contributed by atoms with E-state index in [1.165, 1.54) is 11.1 Å². The maximum absolute atomic E-state index is 12.6. The van der Waals surface area contributed by atoms with Crippen LogP contribution in [0, 0.1) is 0 Å². The number of amides is 1. The fraction of sp³-hybridized carbons (Fsp3) is 0.269. The van der Waals surface area contributed by atoms with Gasteiger partial charge in [0.2, 0.25) is 0 Å². The Balaban J connectivity index is 1.47. The Bertz CT molecular complexity index is 1200. The second kappa shape index (κ2) is 9.22. The summed E-state index contributed by atoms with van der Waals surface area (Å²) in [5.74, 6) is 2.14. The molecule has 0 spiro atoms. The van der Waals surface area contributed by atoms with Gasteiger partial charge in [-0.05, 0) is 59.4 Å². The van der Waals surface area contributed by atoms with E-state index in [4.69, 9.17) is 4.74 Å². The molecule has 4 aromatic rings. The van der Waals surface area contributed by atoms with Gasteiger partial charge in [-0.1, -0.05) is 63.2 Å². The van der Waals surface area contributed by atoms with Crippen LogP contribution < -0.4 is 10.1 Å². The van der Waals surface area contributed by atoms with Gasteiger partial charge >= 0.3 is 0 Å². The number of hydrogen-bond acceptors (Lipinski definition) is 4. The Morgan fingerprint density at radius 3 is 2.22 bits per heavy atom. The molecule has 1 heterocycles. The molecule has 0 fully saturated rings. The summed E-state index contributed by atoms with van der Waals surface area (Å²) in [5.41, 5.74) is 4.59. The smallest absolute Gasteiger partial charge is 0.252 e. The Labute approximate surface area is 188 Å². The molecular formula is C26H28N4O2. The number of fused-ring (bicyclic) bond motifs is 1. The van der Waals surface area contributed by atoms with Crippen molar-refractivity contribution in [1.82, 2.24) is 20.3 Å². The van der Waals surface area contributed by atoms with Crippen LogP contribution in [0.1, 0.15) is 61.0 Å². The molecule has 0 atom stereocenters. The van der Waals surface area contributed by atoms with Crippen LogP contribution in [-0.4, -0.2) is 20.9 Å². The predicted octanol–water partition coefficient (Wildman–Crippen LogP) is 5.86. The molecule has 1 aromatic heterocycles. The largest absolute Gasteiger partial charge is 0.457 e. The molecule has 1 N–H and O–H groups in total. The first-order valence-electron chi connectivity index (χ1n) is 10.9. The maximum atomic E-state index is 12.6. The number of ether oxygens (including phenoxy) is 1. The van der Waals surface area contributed by atoms with Crippen molar-refractivity contribution in [3.63, 3.8) is 0 Å². The number of rotatable bonds is 7. The summed E-state index contributed by atoms with van der Waals surface area (Å²) in [4.78, 5) is 12.6. The lowest BCUT2D eigenvalue weighted by Gasteiger charge is -2.19. The highest BCUT2D eigenvalue weighted by molar-refractivity contribution is 5.94. The lowest BCUT2D eigenvalue weighted by molar-refractivity contribution is 0.0940. The Kier molecular flexibility index (Phi) is 6.21. The van der Waals surface area contributed by atoms with E-state index in [2.05, 4.69) is 61.5 Å². The summed E-state index contributed by atoms with van der Waals surface area (Å²) in [5, 5.41) is 11.1. The van der Waals surface area contributed by atoms with Crippen LogP contribution in [0.15, 0.2) is 66.7 Å². The second-order valence-electron chi connectivity index (χ2n) is 8.44. The number of carbonyl (C=O) groups excluding carboxylic acids is 1. The van der Waals surface area contributed by atoms with E-state index in [1.807, 2.05) is 36.4 Å². The molecular weight excluding hydrogens is 400 g/mol. The van der Waals surface area contributed by atoms with Crippen molar-refractivity contribution in [2.24, 2.45) is 0 Å². The monoisotopic (exact) mass is 428 g/mol. The third-order valence-electron chi connectivity index (χ3n) is 5.47. The summed E-state index contributed by atoms with van der Waals surface area (Å²) in [6.45, 7) is 8.91. The van der Waals surface area contributed by atoms with Gasteiger partial charge in [0.15, 0.2) is 0 Å². The predicted molar refractivity (Wildman–Crippen MR) is 126 cm³/mol. The van der Waals surface area contributed by atoms with E-state index >= 15 is 0 Å². The van der Waals surface area contributed by atoms with Crippen LogP contribution in [0.5, 0.6) is 11.5 Å². The number of nitrogens with zero attached hydrogens (tertiary/aromatic N) is 3. The van der Waals surface area contributed by atoms with Crippen molar-refractivity contribution in [3.05, 3.63) is 83.4 Å². The van der Waals surface area contributed by atoms with Crippen LogP contribution in [-0.2, 0) is 6.67 Å². The minimum Gasteiger partial charge on any atom is -0.457 e. The Morgan fingerprint density at radius 1 is 0.906 bits per heavy atom. The van der Waals surface area contributed by atoms with Gasteiger partial charge in [0.25, 0.3) is 5.91 Å². The number of para-hydroxylation sites is 2. The molecule has 0 aliphatic carbocycles. The fourth-order valence-electron chi connectivity index (χ4n) is 3.68. The molecule has 0 saturated heterocycles. The Hall–Kier alpha value is -3.67. The molecule has 0 bridgehead atoms. The van der Waals surface area contributed by atoms with E-state index in [-0.39, 0.29) is 12.6 Å². The highest BCUT2D eigenvalue weighted by Crippen LogP contribution is 2.37. The van der Waals surface area contributed by atoms with Crippen LogP contribution in [0.4, 0.5) is 0 Å². The summed E-state index contributed by atoms with van der Waals surface area (Å²) in [6.07, 6.45) is 0. The standard InChI is InChI=1S/C26H28N4O2/c1-17(2)21-8-7-9-22(18(3)4)25(21)32-20-14-12-19(13-15-20)26(31)27-16-30-24-11-6-5-10-23(24)28-29-30/h5-15,17-18H,16H2,1-4H3,(H,27,31). The normalized spacial score (nSPS) is 11.3. The summed E-state index contributed by atoms with van der Waals surface area (Å²) in [6, 6.07) is 21.2. The SMILES string of the molecule is CC(C)c1cccc(C(C)C)c1Oc1ccc(C(=O)NCn2nnc3ccccc32)cc1. The fourth-order valence-corrected chi connectivity index (χ4v) is 3.68. The lowest BCUT2D eigenvalue weighted by atomic mass is 9.94. The molecule has 0 aliphatic heterocycles. The maximum Gasteiger partial charge on any atom is 0.252 e. The minimum atomic E-state index is -0.179. The van der Waals surface area contributed by atoms with Crippen LogP contribution in [0.3, 0.4) is 0 Å². The van der Waals surface area contributed by atoms with Crippen molar-refractivity contribution >= 4 is 16.9 Å². The average molecular weight is 429 g/mol. The molecule has 32 heavy (non-hydrogen) atoms. The van der Waals surface area contributed by atoms with Crippen molar-refractivity contribution in [2.75, 3.05) is 0 Å². The third-order valence-corrected chi connectivity index (χ3v) is 5.47. The van der Waals surface area contributed by atoms with Gasteiger partial charge in [-0.15, -0.1) is 5.10 Å². The molecule has 0 radical (unpaired) electrons. The highest BCUT2D eigenvalue weighted by Gasteiger charge is 2.16. The first-order valence-corrected chi connectivity index (χ1v) is 10.9. The second-order valence-corrected chi connectivity index (χ2v) is 8.44. The third kappa shape index (κ3) is 4.49. The summed E-state index contributed by atoms with van der Waals surface area (Å²) >= 11 is 0. The zero-order chi connectivity index (χ0) is 22.7. The molecule has 0 aliphatic rings. The van der Waals surface area contributed by atoms with Gasteiger partial charge in [-0.2, -0.15) is 0 Å². The zero-order valence-electron chi connectivity index (χ0n) is 18.9. The molecule has 164 valence electrons. The quantitative estimate of drug-likeness (QED) is 0.400. The van der Waals surface area contributed by atoms with Gasteiger partial charge in [0.1, 0.15) is 23.7 Å². The molecule has 1 amide bonds. The van der Waals surface area contributed by atoms with Gasteiger partial charge in [-0.25, -0.2) is 4.68 Å². The topological polar surface area (TPSA) is 69.0 Å². The number of nitrogens with one attached hydrogen (secondary N) is 1. The van der Waals surface area contributed by atoms with Crippen molar-refractivity contribution < 1.29 is 9.53 Å². The van der Waals surface area contributed by atoms with E-state index in [9.17, 15) is 4.79 Å². The van der Waals surface area contributed by atoms with Gasteiger partial charge in [0.05, 0.1) is 5.52 Å². The van der Waals surface area contributed by atoms with Crippen molar-refractivity contribution in [3.8, 4) is 11.5 Å². The number of carbonyl (C=O) groups is 1. The van der Waals surface area contributed by atoms with Gasteiger partial charge in [-0.3, -0.25) is 4.79 Å².